The van der Waals surface area contributed by atoms with Crippen molar-refractivity contribution in [2.75, 3.05) is 26.0 Å². The first-order valence-corrected chi connectivity index (χ1v) is 10.9. The summed E-state index contributed by atoms with van der Waals surface area (Å²) < 4.78 is 19.5. The predicted molar refractivity (Wildman–Crippen MR) is 120 cm³/mol. The molecule has 0 saturated carbocycles. The van der Waals surface area contributed by atoms with Gasteiger partial charge in [0, 0.05) is 11.5 Å². The number of amides is 1. The van der Waals surface area contributed by atoms with Gasteiger partial charge in [-0.2, -0.15) is 0 Å². The number of nitrogens with one attached hydrogen (secondary N) is 1. The van der Waals surface area contributed by atoms with Gasteiger partial charge < -0.3 is 9.64 Å². The second-order valence-electron chi connectivity index (χ2n) is 6.29. The van der Waals surface area contributed by atoms with E-state index in [0.29, 0.717) is 24.1 Å². The average Bonchev–Trinajstić information content (AvgIpc) is 3.21. The Hall–Kier alpha value is -2.65. The van der Waals surface area contributed by atoms with Crippen molar-refractivity contribution in [3.8, 4) is 5.75 Å². The fourth-order valence-electron chi connectivity index (χ4n) is 2.34. The van der Waals surface area contributed by atoms with Crippen molar-refractivity contribution in [1.82, 2.24) is 20.1 Å². The molecule has 0 aliphatic rings. The largest absolute Gasteiger partial charge is 0.492 e. The van der Waals surface area contributed by atoms with E-state index in [9.17, 15) is 9.18 Å². The fourth-order valence-corrected chi connectivity index (χ4v) is 3.35. The molecule has 2 aromatic carbocycles. The van der Waals surface area contributed by atoms with Gasteiger partial charge in [0.2, 0.25) is 11.1 Å². The second-order valence-corrected chi connectivity index (χ2v) is 8.15. The van der Waals surface area contributed by atoms with E-state index >= 15 is 0 Å². The number of thioether (sulfide) groups is 1. The van der Waals surface area contributed by atoms with E-state index in [2.05, 4.69) is 31.1 Å². The summed E-state index contributed by atoms with van der Waals surface area (Å²) in [5.74, 6) is 1.24. The molecule has 0 saturated heterocycles. The van der Waals surface area contributed by atoms with E-state index in [1.165, 1.54) is 23.9 Å². The number of likely N-dealkylation sites (N-methyl/N-ethyl adjacent to an activating group) is 1. The highest BCUT2D eigenvalue weighted by atomic mass is 79.9. The lowest BCUT2D eigenvalue weighted by Gasteiger charge is -2.17. The van der Waals surface area contributed by atoms with Crippen LogP contribution in [0.3, 0.4) is 0 Å². The molecule has 1 heterocycles. The molecule has 1 amide bonds. The quantitative estimate of drug-likeness (QED) is 0.447. The van der Waals surface area contributed by atoms with E-state index in [0.717, 1.165) is 15.8 Å². The zero-order valence-corrected chi connectivity index (χ0v) is 18.6. The Kier molecular flexibility index (Phi) is 8.04. The SMILES string of the molecule is CN(CCOc1ccc(Br)cc1)C(=O)CSc1n[nH]c(/C=C/c2ccc(F)cc2)n1. The third-order valence-corrected chi connectivity index (χ3v) is 5.41. The minimum Gasteiger partial charge on any atom is -0.492 e. The maximum absolute atomic E-state index is 12.9. The summed E-state index contributed by atoms with van der Waals surface area (Å²) in [4.78, 5) is 18.2. The van der Waals surface area contributed by atoms with Gasteiger partial charge in [0.1, 0.15) is 24.0 Å². The Morgan fingerprint density at radius 1 is 1.20 bits per heavy atom. The van der Waals surface area contributed by atoms with Crippen LogP contribution in [0.2, 0.25) is 0 Å². The smallest absolute Gasteiger partial charge is 0.232 e. The van der Waals surface area contributed by atoms with Gasteiger partial charge in [0.25, 0.3) is 0 Å². The topological polar surface area (TPSA) is 71.1 Å². The lowest BCUT2D eigenvalue weighted by Crippen LogP contribution is -2.32. The Balaban J connectivity index is 1.40. The molecule has 0 spiro atoms. The molecule has 0 bridgehead atoms. The highest BCUT2D eigenvalue weighted by molar-refractivity contribution is 9.10. The maximum Gasteiger partial charge on any atom is 0.232 e. The van der Waals surface area contributed by atoms with Crippen molar-refractivity contribution in [1.29, 1.82) is 0 Å². The van der Waals surface area contributed by atoms with Crippen LogP contribution in [0, 0.1) is 5.82 Å². The molecular weight excluding hydrogens is 471 g/mol. The van der Waals surface area contributed by atoms with Crippen LogP contribution in [-0.2, 0) is 4.79 Å². The fraction of sp³-hybridized carbons (Fsp3) is 0.190. The van der Waals surface area contributed by atoms with E-state index in [1.54, 1.807) is 36.2 Å². The Labute approximate surface area is 186 Å². The van der Waals surface area contributed by atoms with Gasteiger partial charge in [0.15, 0.2) is 0 Å². The number of aromatic amines is 1. The number of rotatable bonds is 9. The minimum absolute atomic E-state index is 0.0346. The first-order chi connectivity index (χ1) is 14.5. The number of aromatic nitrogens is 3. The summed E-state index contributed by atoms with van der Waals surface area (Å²) in [5.41, 5.74) is 0.851. The summed E-state index contributed by atoms with van der Waals surface area (Å²) in [7, 11) is 1.74. The van der Waals surface area contributed by atoms with Crippen molar-refractivity contribution in [3.05, 3.63) is 70.2 Å². The first-order valence-electron chi connectivity index (χ1n) is 9.11. The number of nitrogens with zero attached hydrogens (tertiary/aromatic N) is 3. The molecular formula is C21H20BrFN4O2S. The van der Waals surface area contributed by atoms with E-state index in [-0.39, 0.29) is 17.5 Å². The zero-order valence-electron chi connectivity index (χ0n) is 16.2. The van der Waals surface area contributed by atoms with Crippen molar-refractivity contribution >= 4 is 45.8 Å². The van der Waals surface area contributed by atoms with Gasteiger partial charge in [-0.05, 0) is 48.0 Å². The third-order valence-electron chi connectivity index (χ3n) is 4.05. The van der Waals surface area contributed by atoms with Crippen LogP contribution in [0.25, 0.3) is 12.2 Å². The van der Waals surface area contributed by atoms with Crippen molar-refractivity contribution in [2.24, 2.45) is 0 Å². The van der Waals surface area contributed by atoms with Gasteiger partial charge in [-0.15, -0.1) is 5.10 Å². The molecule has 0 aliphatic carbocycles. The number of benzene rings is 2. The second kappa shape index (κ2) is 10.9. The van der Waals surface area contributed by atoms with Gasteiger partial charge in [-0.25, -0.2) is 9.37 Å². The van der Waals surface area contributed by atoms with Crippen LogP contribution in [0.1, 0.15) is 11.4 Å². The lowest BCUT2D eigenvalue weighted by atomic mass is 10.2. The van der Waals surface area contributed by atoms with Crippen LogP contribution in [0.4, 0.5) is 4.39 Å². The van der Waals surface area contributed by atoms with Crippen LogP contribution in [-0.4, -0.2) is 51.9 Å². The number of halogens is 2. The number of carbonyl (C=O) groups is 1. The first kappa shape index (κ1) is 22.0. The van der Waals surface area contributed by atoms with Gasteiger partial charge in [-0.3, -0.25) is 9.89 Å². The Morgan fingerprint density at radius 2 is 1.93 bits per heavy atom. The molecule has 30 heavy (non-hydrogen) atoms. The average molecular weight is 491 g/mol. The minimum atomic E-state index is -0.278. The molecule has 0 atom stereocenters. The Bertz CT molecular complexity index is 993. The van der Waals surface area contributed by atoms with Crippen LogP contribution in [0.15, 0.2) is 58.2 Å². The summed E-state index contributed by atoms with van der Waals surface area (Å²) in [5, 5.41) is 7.39. The summed E-state index contributed by atoms with van der Waals surface area (Å²) in [6, 6.07) is 13.7. The number of ether oxygens (including phenoxy) is 1. The lowest BCUT2D eigenvalue weighted by molar-refractivity contribution is -0.127. The van der Waals surface area contributed by atoms with Gasteiger partial charge in [0.05, 0.1) is 12.3 Å². The van der Waals surface area contributed by atoms with E-state index < -0.39 is 0 Å². The molecule has 0 radical (unpaired) electrons. The number of H-pyrrole nitrogens is 1. The maximum atomic E-state index is 12.9. The summed E-state index contributed by atoms with van der Waals surface area (Å²) in [6.07, 6.45) is 3.55. The molecule has 3 rings (SSSR count). The van der Waals surface area contributed by atoms with E-state index in [1.807, 2.05) is 24.3 Å². The summed E-state index contributed by atoms with van der Waals surface area (Å²) >= 11 is 4.63. The number of hydrogen-bond donors (Lipinski definition) is 1. The van der Waals surface area contributed by atoms with E-state index in [4.69, 9.17) is 4.74 Å². The molecule has 1 N–H and O–H groups in total. The molecule has 1 aromatic heterocycles. The molecule has 0 aliphatic heterocycles. The number of carbonyl (C=O) groups excluding carboxylic acids is 1. The normalized spacial score (nSPS) is 11.0. The van der Waals surface area contributed by atoms with Gasteiger partial charge >= 0.3 is 0 Å². The molecule has 3 aromatic rings. The predicted octanol–water partition coefficient (Wildman–Crippen LogP) is 4.51. The van der Waals surface area contributed by atoms with Crippen molar-refractivity contribution < 1.29 is 13.9 Å². The summed E-state index contributed by atoms with van der Waals surface area (Å²) in [6.45, 7) is 0.891. The molecule has 0 unspecified atom stereocenters. The number of hydrogen-bond acceptors (Lipinski definition) is 5. The van der Waals surface area contributed by atoms with Crippen molar-refractivity contribution in [3.63, 3.8) is 0 Å². The van der Waals surface area contributed by atoms with Crippen LogP contribution in [0.5, 0.6) is 5.75 Å². The highest BCUT2D eigenvalue weighted by Crippen LogP contribution is 2.16. The van der Waals surface area contributed by atoms with Gasteiger partial charge in [-0.1, -0.05) is 45.9 Å². The molecule has 0 fully saturated rings. The van der Waals surface area contributed by atoms with Crippen LogP contribution < -0.4 is 4.74 Å². The molecule has 6 nitrogen and oxygen atoms in total. The van der Waals surface area contributed by atoms with Crippen molar-refractivity contribution in [2.45, 2.75) is 5.16 Å². The third kappa shape index (κ3) is 7.00. The Morgan fingerprint density at radius 3 is 2.67 bits per heavy atom. The zero-order chi connectivity index (χ0) is 21.3. The molecule has 156 valence electrons. The van der Waals surface area contributed by atoms with Crippen LogP contribution >= 0.6 is 27.7 Å². The monoisotopic (exact) mass is 490 g/mol. The highest BCUT2D eigenvalue weighted by Gasteiger charge is 2.11. The standard InChI is InChI=1S/C21H20BrFN4O2S/c1-27(12-13-29-18-9-5-16(22)6-10-18)20(28)14-30-21-24-19(25-26-21)11-4-15-2-7-17(23)8-3-15/h2-11H,12-14H2,1H3,(H,24,25,26)/b11-4+. The molecule has 9 heteroatoms.